The molecule has 150 valence electrons. The van der Waals surface area contributed by atoms with Gasteiger partial charge in [0.1, 0.15) is 6.54 Å². The number of ether oxygens (including phenoxy) is 2. The number of carbonyl (C=O) groups excluding carboxylic acids is 3. The quantitative estimate of drug-likeness (QED) is 0.601. The number of fused-ring (bicyclic) bond motifs is 1. The summed E-state index contributed by atoms with van der Waals surface area (Å²) in [5, 5.41) is 0. The number of amides is 1. The number of aromatic nitrogens is 1. The first-order valence-corrected chi connectivity index (χ1v) is 9.78. The van der Waals surface area contributed by atoms with Crippen molar-refractivity contribution in [2.45, 2.75) is 20.4 Å². The largest absolute Gasteiger partial charge is 0.465 e. The average molecular weight is 412 g/mol. The maximum absolute atomic E-state index is 12.7. The van der Waals surface area contributed by atoms with E-state index < -0.39 is 17.8 Å². The lowest BCUT2D eigenvalue weighted by molar-refractivity contribution is -0.143. The Labute approximate surface area is 171 Å². The summed E-state index contributed by atoms with van der Waals surface area (Å²) >= 11 is 1.33. The topological polar surface area (TPSA) is 87.0 Å². The van der Waals surface area contributed by atoms with E-state index in [1.807, 2.05) is 25.1 Å². The molecular weight excluding hydrogens is 392 g/mol. The highest BCUT2D eigenvalue weighted by Gasteiger charge is 2.14. The number of esters is 2. The Hall–Kier alpha value is -3.26. The lowest BCUT2D eigenvalue weighted by atomic mass is 10.1. The summed E-state index contributed by atoms with van der Waals surface area (Å²) in [7, 11) is 1.29. The second-order valence-corrected chi connectivity index (χ2v) is 7.19. The Bertz CT molecular complexity index is 1140. The minimum absolute atomic E-state index is 0.0356. The molecule has 29 heavy (non-hydrogen) atoms. The van der Waals surface area contributed by atoms with Crippen molar-refractivity contribution in [3.8, 4) is 0 Å². The molecule has 8 heteroatoms. The number of thiazole rings is 1. The lowest BCUT2D eigenvalue weighted by Gasteiger charge is -2.06. The molecule has 0 atom stereocenters. The molecule has 0 fully saturated rings. The molecular formula is C21H20N2O5S. The fraction of sp³-hybridized carbons (Fsp3) is 0.238. The van der Waals surface area contributed by atoms with Crippen LogP contribution in [0.5, 0.6) is 0 Å². The van der Waals surface area contributed by atoms with Gasteiger partial charge in [-0.25, -0.2) is 4.79 Å². The Kier molecular flexibility index (Phi) is 6.23. The van der Waals surface area contributed by atoms with Crippen LogP contribution in [-0.4, -0.2) is 36.1 Å². The summed E-state index contributed by atoms with van der Waals surface area (Å²) in [6.07, 6.45) is 0. The van der Waals surface area contributed by atoms with Gasteiger partial charge in [0.15, 0.2) is 4.80 Å². The van der Waals surface area contributed by atoms with E-state index in [0.717, 1.165) is 15.8 Å². The molecule has 1 aromatic heterocycles. The standard InChI is InChI=1S/C21H20N2O5S/c1-4-28-17(24)12-23-18-13(2)6-5-7-16(18)29-21(23)22-19(25)14-8-10-15(11-9-14)20(26)27-3/h5-11H,4,12H2,1-3H3. The van der Waals surface area contributed by atoms with Crippen molar-refractivity contribution in [2.24, 2.45) is 4.99 Å². The van der Waals surface area contributed by atoms with Gasteiger partial charge in [0, 0.05) is 5.56 Å². The minimum atomic E-state index is -0.479. The molecule has 0 aliphatic heterocycles. The van der Waals surface area contributed by atoms with Crippen LogP contribution >= 0.6 is 11.3 Å². The van der Waals surface area contributed by atoms with Crippen molar-refractivity contribution < 1.29 is 23.9 Å². The fourth-order valence-electron chi connectivity index (χ4n) is 2.89. The van der Waals surface area contributed by atoms with Crippen molar-refractivity contribution in [1.82, 2.24) is 4.57 Å². The molecule has 0 aliphatic rings. The molecule has 3 aromatic rings. The number of methoxy groups -OCH3 is 1. The summed E-state index contributed by atoms with van der Waals surface area (Å²) < 4.78 is 12.3. The van der Waals surface area contributed by atoms with E-state index in [4.69, 9.17) is 4.74 Å². The summed E-state index contributed by atoms with van der Waals surface area (Å²) in [5.74, 6) is -1.34. The van der Waals surface area contributed by atoms with Gasteiger partial charge in [-0.3, -0.25) is 9.59 Å². The Morgan fingerprint density at radius 2 is 1.76 bits per heavy atom. The Balaban J connectivity index is 2.04. The molecule has 0 bridgehead atoms. The number of para-hydroxylation sites is 1. The normalized spacial score (nSPS) is 11.5. The molecule has 0 unspecified atom stereocenters. The van der Waals surface area contributed by atoms with Crippen LogP contribution in [0.4, 0.5) is 0 Å². The highest BCUT2D eigenvalue weighted by Crippen LogP contribution is 2.21. The van der Waals surface area contributed by atoms with E-state index in [-0.39, 0.29) is 13.2 Å². The molecule has 0 saturated carbocycles. The van der Waals surface area contributed by atoms with E-state index >= 15 is 0 Å². The van der Waals surface area contributed by atoms with Crippen molar-refractivity contribution in [1.29, 1.82) is 0 Å². The average Bonchev–Trinajstić information content (AvgIpc) is 3.05. The van der Waals surface area contributed by atoms with Crippen molar-refractivity contribution in [3.05, 3.63) is 64.0 Å². The van der Waals surface area contributed by atoms with Crippen LogP contribution in [0, 0.1) is 6.92 Å². The lowest BCUT2D eigenvalue weighted by Crippen LogP contribution is -2.23. The molecule has 2 aromatic carbocycles. The van der Waals surface area contributed by atoms with Gasteiger partial charge in [-0.15, -0.1) is 0 Å². The van der Waals surface area contributed by atoms with Gasteiger partial charge in [0.2, 0.25) is 0 Å². The van der Waals surface area contributed by atoms with E-state index in [1.165, 1.54) is 42.7 Å². The maximum atomic E-state index is 12.7. The number of benzene rings is 2. The number of nitrogens with zero attached hydrogens (tertiary/aromatic N) is 2. The van der Waals surface area contributed by atoms with Crippen LogP contribution in [0.2, 0.25) is 0 Å². The number of aryl methyl sites for hydroxylation is 1. The van der Waals surface area contributed by atoms with Crippen molar-refractivity contribution in [2.75, 3.05) is 13.7 Å². The van der Waals surface area contributed by atoms with Gasteiger partial charge in [-0.05, 0) is 49.7 Å². The van der Waals surface area contributed by atoms with Gasteiger partial charge in [0.05, 0.1) is 29.5 Å². The van der Waals surface area contributed by atoms with Gasteiger partial charge in [0.25, 0.3) is 5.91 Å². The fourth-order valence-corrected chi connectivity index (χ4v) is 4.00. The molecule has 0 radical (unpaired) electrons. The molecule has 1 heterocycles. The zero-order valence-corrected chi connectivity index (χ0v) is 17.1. The van der Waals surface area contributed by atoms with Gasteiger partial charge in [-0.1, -0.05) is 23.5 Å². The Morgan fingerprint density at radius 1 is 1.07 bits per heavy atom. The molecule has 0 N–H and O–H groups in total. The number of carbonyl (C=O) groups is 3. The van der Waals surface area contributed by atoms with Crippen molar-refractivity contribution in [3.63, 3.8) is 0 Å². The SMILES string of the molecule is CCOC(=O)Cn1c(=NC(=O)c2ccc(C(=O)OC)cc2)sc2cccc(C)c21. The second-order valence-electron chi connectivity index (χ2n) is 6.18. The monoisotopic (exact) mass is 412 g/mol. The predicted molar refractivity (Wildman–Crippen MR) is 109 cm³/mol. The molecule has 0 spiro atoms. The van der Waals surface area contributed by atoms with E-state index in [9.17, 15) is 14.4 Å². The highest BCUT2D eigenvalue weighted by molar-refractivity contribution is 7.16. The summed E-state index contributed by atoms with van der Waals surface area (Å²) in [6.45, 7) is 3.92. The first-order valence-electron chi connectivity index (χ1n) is 8.96. The van der Waals surface area contributed by atoms with E-state index in [2.05, 4.69) is 9.73 Å². The van der Waals surface area contributed by atoms with Crippen LogP contribution < -0.4 is 4.80 Å². The van der Waals surface area contributed by atoms with Crippen LogP contribution in [-0.2, 0) is 20.8 Å². The smallest absolute Gasteiger partial charge is 0.337 e. The molecule has 1 amide bonds. The third kappa shape index (κ3) is 4.43. The maximum Gasteiger partial charge on any atom is 0.337 e. The van der Waals surface area contributed by atoms with Crippen LogP contribution in [0.15, 0.2) is 47.5 Å². The zero-order chi connectivity index (χ0) is 21.0. The molecule has 3 rings (SSSR count). The van der Waals surface area contributed by atoms with Gasteiger partial charge >= 0.3 is 11.9 Å². The summed E-state index contributed by atoms with van der Waals surface area (Å²) in [6, 6.07) is 11.8. The zero-order valence-electron chi connectivity index (χ0n) is 16.3. The third-order valence-electron chi connectivity index (χ3n) is 4.25. The van der Waals surface area contributed by atoms with Crippen LogP contribution in [0.3, 0.4) is 0 Å². The highest BCUT2D eigenvalue weighted by atomic mass is 32.1. The second kappa shape index (κ2) is 8.83. The first kappa shape index (κ1) is 20.5. The number of rotatable bonds is 5. The Morgan fingerprint density at radius 3 is 2.41 bits per heavy atom. The minimum Gasteiger partial charge on any atom is -0.465 e. The molecule has 7 nitrogen and oxygen atoms in total. The molecule has 0 saturated heterocycles. The van der Waals surface area contributed by atoms with Crippen molar-refractivity contribution >= 4 is 39.4 Å². The third-order valence-corrected chi connectivity index (χ3v) is 5.29. The first-order chi connectivity index (χ1) is 13.9. The molecule has 0 aliphatic carbocycles. The van der Waals surface area contributed by atoms with Crippen LogP contribution in [0.25, 0.3) is 10.2 Å². The van der Waals surface area contributed by atoms with Crippen LogP contribution in [0.1, 0.15) is 33.2 Å². The summed E-state index contributed by atoms with van der Waals surface area (Å²) in [5.41, 5.74) is 2.49. The van der Waals surface area contributed by atoms with E-state index in [0.29, 0.717) is 15.9 Å². The number of hydrogen-bond donors (Lipinski definition) is 0. The van der Waals surface area contributed by atoms with Gasteiger partial charge in [-0.2, -0.15) is 4.99 Å². The van der Waals surface area contributed by atoms with Gasteiger partial charge < -0.3 is 14.0 Å². The predicted octanol–water partition coefficient (Wildman–Crippen LogP) is 3.10. The number of hydrogen-bond acceptors (Lipinski definition) is 6. The summed E-state index contributed by atoms with van der Waals surface area (Å²) in [4.78, 5) is 41.0. The van der Waals surface area contributed by atoms with E-state index in [1.54, 1.807) is 11.5 Å².